The van der Waals surface area contributed by atoms with E-state index in [4.69, 9.17) is 10.2 Å². The molecule has 1 aliphatic rings. The van der Waals surface area contributed by atoms with E-state index in [-0.39, 0.29) is 23.6 Å². The Morgan fingerprint density at radius 2 is 2.14 bits per heavy atom. The van der Waals surface area contributed by atoms with Crippen molar-refractivity contribution in [2.24, 2.45) is 5.73 Å². The van der Waals surface area contributed by atoms with Crippen molar-refractivity contribution in [2.45, 2.75) is 18.9 Å². The molecule has 1 saturated heterocycles. The lowest BCUT2D eigenvalue weighted by Gasteiger charge is -2.16. The lowest BCUT2D eigenvalue weighted by atomic mass is 10.0. The van der Waals surface area contributed by atoms with Gasteiger partial charge in [0.1, 0.15) is 17.3 Å². The first kappa shape index (κ1) is 13.7. The van der Waals surface area contributed by atoms with Crippen LogP contribution in [0.25, 0.3) is 0 Å². The number of nitrogens with two attached hydrogens (primary N) is 1. The Kier molecular flexibility index (Phi) is 3.43. The number of hydrogen-bond donors (Lipinski definition) is 2. The van der Waals surface area contributed by atoms with Gasteiger partial charge < -0.3 is 20.2 Å². The molecule has 3 rings (SSSR count). The zero-order chi connectivity index (χ0) is 15.0. The van der Waals surface area contributed by atoms with Gasteiger partial charge in [-0.3, -0.25) is 4.79 Å². The predicted molar refractivity (Wildman–Crippen MR) is 78.2 cm³/mol. The minimum atomic E-state index is -0.142. The minimum Gasteiger partial charge on any atom is -0.508 e. The fourth-order valence-electron chi connectivity index (χ4n) is 2.77. The summed E-state index contributed by atoms with van der Waals surface area (Å²) in [5.74, 6) is 1.65. The SMILES string of the molecule is Cc1ccc([C@H]2CN(C(=O)c3cccc(O)c3)C[C@@H]2N)o1. The number of carbonyl (C=O) groups excluding carboxylic acids is 1. The van der Waals surface area contributed by atoms with Gasteiger partial charge in [-0.15, -0.1) is 0 Å². The maximum atomic E-state index is 12.5. The molecular weight excluding hydrogens is 268 g/mol. The number of rotatable bonds is 2. The number of aryl methyl sites for hydroxylation is 1. The van der Waals surface area contributed by atoms with Crippen molar-refractivity contribution in [3.63, 3.8) is 0 Å². The predicted octanol–water partition coefficient (Wildman–Crippen LogP) is 1.86. The van der Waals surface area contributed by atoms with Gasteiger partial charge in [-0.05, 0) is 37.3 Å². The van der Waals surface area contributed by atoms with Crippen molar-refractivity contribution >= 4 is 5.91 Å². The molecule has 1 amide bonds. The Hall–Kier alpha value is -2.27. The van der Waals surface area contributed by atoms with Crippen LogP contribution in [0.3, 0.4) is 0 Å². The average molecular weight is 286 g/mol. The van der Waals surface area contributed by atoms with Crippen LogP contribution in [0, 0.1) is 6.92 Å². The summed E-state index contributed by atoms with van der Waals surface area (Å²) in [4.78, 5) is 14.2. The number of benzene rings is 1. The lowest BCUT2D eigenvalue weighted by molar-refractivity contribution is 0.0788. The zero-order valence-electron chi connectivity index (χ0n) is 11.8. The number of amides is 1. The molecular formula is C16H18N2O3. The molecule has 0 unspecified atom stereocenters. The minimum absolute atomic E-state index is 0.0139. The molecule has 2 atom stereocenters. The summed E-state index contributed by atoms with van der Waals surface area (Å²) in [6.07, 6.45) is 0. The second-order valence-electron chi connectivity index (χ2n) is 5.48. The topological polar surface area (TPSA) is 79.7 Å². The van der Waals surface area contributed by atoms with Crippen molar-refractivity contribution in [1.82, 2.24) is 4.90 Å². The van der Waals surface area contributed by atoms with Crippen LogP contribution in [-0.4, -0.2) is 35.0 Å². The van der Waals surface area contributed by atoms with Gasteiger partial charge in [0.25, 0.3) is 5.91 Å². The Bertz CT molecular complexity index is 665. The molecule has 0 spiro atoms. The number of likely N-dealkylation sites (tertiary alicyclic amines) is 1. The quantitative estimate of drug-likeness (QED) is 0.883. The van der Waals surface area contributed by atoms with Crippen molar-refractivity contribution in [3.8, 4) is 5.75 Å². The molecule has 1 aliphatic heterocycles. The molecule has 0 bridgehead atoms. The molecule has 0 radical (unpaired) electrons. The highest BCUT2D eigenvalue weighted by Crippen LogP contribution is 2.29. The number of phenols is 1. The third-order valence-electron chi connectivity index (χ3n) is 3.87. The van der Waals surface area contributed by atoms with Gasteiger partial charge in [-0.25, -0.2) is 0 Å². The van der Waals surface area contributed by atoms with E-state index < -0.39 is 0 Å². The Labute approximate surface area is 123 Å². The number of phenolic OH excluding ortho intramolecular Hbond substituents is 1. The molecule has 110 valence electrons. The number of carbonyl (C=O) groups is 1. The van der Waals surface area contributed by atoms with E-state index in [1.165, 1.54) is 6.07 Å². The highest BCUT2D eigenvalue weighted by atomic mass is 16.3. The maximum Gasteiger partial charge on any atom is 0.254 e. The van der Waals surface area contributed by atoms with Gasteiger partial charge in [0, 0.05) is 24.7 Å². The van der Waals surface area contributed by atoms with E-state index >= 15 is 0 Å². The molecule has 21 heavy (non-hydrogen) atoms. The summed E-state index contributed by atoms with van der Waals surface area (Å²) in [5, 5.41) is 9.48. The van der Waals surface area contributed by atoms with Gasteiger partial charge in [0.15, 0.2) is 0 Å². The van der Waals surface area contributed by atoms with Crippen LogP contribution >= 0.6 is 0 Å². The Morgan fingerprint density at radius 3 is 2.81 bits per heavy atom. The average Bonchev–Trinajstić information content (AvgIpc) is 3.04. The van der Waals surface area contributed by atoms with Crippen molar-refractivity contribution in [1.29, 1.82) is 0 Å². The second kappa shape index (κ2) is 5.26. The maximum absolute atomic E-state index is 12.5. The van der Waals surface area contributed by atoms with Crippen molar-refractivity contribution in [2.75, 3.05) is 13.1 Å². The normalized spacial score (nSPS) is 21.7. The van der Waals surface area contributed by atoms with Crippen LogP contribution in [0.4, 0.5) is 0 Å². The molecule has 3 N–H and O–H groups in total. The number of furan rings is 1. The van der Waals surface area contributed by atoms with E-state index in [2.05, 4.69) is 0 Å². The first-order valence-electron chi connectivity index (χ1n) is 6.95. The number of nitrogens with zero attached hydrogens (tertiary/aromatic N) is 1. The van der Waals surface area contributed by atoms with Gasteiger partial charge >= 0.3 is 0 Å². The zero-order valence-corrected chi connectivity index (χ0v) is 11.8. The van der Waals surface area contributed by atoms with E-state index in [0.29, 0.717) is 18.7 Å². The van der Waals surface area contributed by atoms with E-state index in [0.717, 1.165) is 11.5 Å². The third-order valence-corrected chi connectivity index (χ3v) is 3.87. The number of aromatic hydroxyl groups is 1. The first-order valence-corrected chi connectivity index (χ1v) is 6.95. The molecule has 5 nitrogen and oxygen atoms in total. The van der Waals surface area contributed by atoms with Crippen LogP contribution in [0.5, 0.6) is 5.75 Å². The summed E-state index contributed by atoms with van der Waals surface area (Å²) < 4.78 is 5.63. The largest absolute Gasteiger partial charge is 0.508 e. The second-order valence-corrected chi connectivity index (χ2v) is 5.48. The van der Waals surface area contributed by atoms with Crippen molar-refractivity contribution < 1.29 is 14.3 Å². The van der Waals surface area contributed by atoms with Crippen LogP contribution in [0.2, 0.25) is 0 Å². The summed E-state index contributed by atoms with van der Waals surface area (Å²) in [6, 6.07) is 10.0. The van der Waals surface area contributed by atoms with Crippen molar-refractivity contribution in [3.05, 3.63) is 53.5 Å². The fraction of sp³-hybridized carbons (Fsp3) is 0.312. The van der Waals surface area contributed by atoms with Crippen LogP contribution in [0.1, 0.15) is 27.8 Å². The fourth-order valence-corrected chi connectivity index (χ4v) is 2.77. The lowest BCUT2D eigenvalue weighted by Crippen LogP contribution is -2.32. The van der Waals surface area contributed by atoms with E-state index in [1.807, 2.05) is 19.1 Å². The van der Waals surface area contributed by atoms with Gasteiger partial charge in [-0.2, -0.15) is 0 Å². The van der Waals surface area contributed by atoms with Gasteiger partial charge in [0.05, 0.1) is 5.92 Å². The Morgan fingerprint density at radius 1 is 1.33 bits per heavy atom. The molecule has 0 saturated carbocycles. The van der Waals surface area contributed by atoms with Gasteiger partial charge in [0.2, 0.25) is 0 Å². The molecule has 5 heteroatoms. The molecule has 2 aromatic rings. The molecule has 1 fully saturated rings. The summed E-state index contributed by atoms with van der Waals surface area (Å²) in [7, 11) is 0. The summed E-state index contributed by atoms with van der Waals surface area (Å²) in [6.45, 7) is 2.90. The molecule has 1 aromatic carbocycles. The highest BCUT2D eigenvalue weighted by molar-refractivity contribution is 5.94. The molecule has 1 aromatic heterocycles. The smallest absolute Gasteiger partial charge is 0.254 e. The van der Waals surface area contributed by atoms with Crippen LogP contribution < -0.4 is 5.73 Å². The number of hydrogen-bond acceptors (Lipinski definition) is 4. The van der Waals surface area contributed by atoms with E-state index in [9.17, 15) is 9.90 Å². The van der Waals surface area contributed by atoms with Crippen LogP contribution in [0.15, 0.2) is 40.8 Å². The summed E-state index contributed by atoms with van der Waals surface area (Å²) in [5.41, 5.74) is 6.62. The van der Waals surface area contributed by atoms with Gasteiger partial charge in [-0.1, -0.05) is 6.07 Å². The highest BCUT2D eigenvalue weighted by Gasteiger charge is 2.36. The van der Waals surface area contributed by atoms with E-state index in [1.54, 1.807) is 23.1 Å². The Balaban J connectivity index is 1.78. The molecule has 2 heterocycles. The first-order chi connectivity index (χ1) is 10.0. The van der Waals surface area contributed by atoms with Crippen LogP contribution in [-0.2, 0) is 0 Å². The molecule has 0 aliphatic carbocycles. The third kappa shape index (κ3) is 2.64. The monoisotopic (exact) mass is 286 g/mol. The standard InChI is InChI=1S/C16H18N2O3/c1-10-5-6-15(21-10)13-8-18(9-14(13)17)16(20)11-3-2-4-12(19)7-11/h2-7,13-14,19H,8-9,17H2,1H3/t13-,14-/m0/s1. The summed E-state index contributed by atoms with van der Waals surface area (Å²) >= 11 is 0.